The van der Waals surface area contributed by atoms with Crippen molar-refractivity contribution in [1.29, 1.82) is 0 Å². The largest absolute Gasteiger partial charge is 0.488 e. The highest BCUT2D eigenvalue weighted by Crippen LogP contribution is 2.33. The molecule has 0 radical (unpaired) electrons. The topological polar surface area (TPSA) is 105 Å². The van der Waals surface area contributed by atoms with Gasteiger partial charge in [-0.25, -0.2) is 4.79 Å². The van der Waals surface area contributed by atoms with Crippen LogP contribution in [0.4, 0.5) is 5.69 Å². The van der Waals surface area contributed by atoms with Crippen LogP contribution in [0.25, 0.3) is 32.6 Å². The molecule has 0 aliphatic rings. The van der Waals surface area contributed by atoms with Gasteiger partial charge in [0.05, 0.1) is 18.0 Å². The monoisotopic (exact) mass is 629 g/mol. The number of aryl methyl sites for hydroxylation is 2. The van der Waals surface area contributed by atoms with E-state index >= 15 is 0 Å². The Labute approximate surface area is 272 Å². The standard InChI is InChI=1S/C38H35N3O6/c1-5-40-35-17-13-28(20-33(35)34-22-29(41(43)44)14-18-36(34)40)38(31-16-15-30(19-24(31)2)46-25(3)23-45-4)39-47-37(42)21-27-11-8-10-26-9-6-7-12-32(26)27/h6-20,22,25H,5,21,23H2,1-4H3/b39-38-. The number of carbonyl (C=O) groups is 1. The van der Waals surface area contributed by atoms with Crippen LogP contribution in [0.2, 0.25) is 0 Å². The number of hydrogen-bond acceptors (Lipinski definition) is 7. The number of oxime groups is 1. The fourth-order valence-corrected chi connectivity index (χ4v) is 6.16. The zero-order valence-electron chi connectivity index (χ0n) is 26.7. The van der Waals surface area contributed by atoms with E-state index in [1.807, 2.05) is 99.6 Å². The van der Waals surface area contributed by atoms with Crippen molar-refractivity contribution in [3.05, 3.63) is 129 Å². The second kappa shape index (κ2) is 13.4. The van der Waals surface area contributed by atoms with Gasteiger partial charge in [-0.2, -0.15) is 0 Å². The van der Waals surface area contributed by atoms with Crippen LogP contribution >= 0.6 is 0 Å². The molecule has 6 rings (SSSR count). The molecule has 47 heavy (non-hydrogen) atoms. The third kappa shape index (κ3) is 6.43. The summed E-state index contributed by atoms with van der Waals surface area (Å²) < 4.78 is 13.4. The van der Waals surface area contributed by atoms with E-state index in [1.165, 1.54) is 6.07 Å². The predicted molar refractivity (Wildman–Crippen MR) is 184 cm³/mol. The Balaban J connectivity index is 1.43. The Bertz CT molecular complexity index is 2160. The van der Waals surface area contributed by atoms with Crippen LogP contribution in [0.5, 0.6) is 5.75 Å². The summed E-state index contributed by atoms with van der Waals surface area (Å²) >= 11 is 0. The minimum Gasteiger partial charge on any atom is -0.488 e. The average molecular weight is 630 g/mol. The average Bonchev–Trinajstić information content (AvgIpc) is 3.38. The van der Waals surface area contributed by atoms with Crippen LogP contribution in [0.15, 0.2) is 102 Å². The molecule has 238 valence electrons. The highest BCUT2D eigenvalue weighted by atomic mass is 16.7. The fourth-order valence-electron chi connectivity index (χ4n) is 6.16. The summed E-state index contributed by atoms with van der Waals surface area (Å²) in [4.78, 5) is 30.1. The summed E-state index contributed by atoms with van der Waals surface area (Å²) in [5, 5.41) is 19.7. The molecule has 5 aromatic carbocycles. The summed E-state index contributed by atoms with van der Waals surface area (Å²) in [6.07, 6.45) is -0.0932. The molecule has 0 aliphatic carbocycles. The molecule has 1 unspecified atom stereocenters. The van der Waals surface area contributed by atoms with Gasteiger partial charge in [-0.1, -0.05) is 53.7 Å². The first-order chi connectivity index (χ1) is 22.8. The predicted octanol–water partition coefficient (Wildman–Crippen LogP) is 8.14. The fraction of sp³-hybridized carbons (Fsp3) is 0.211. The lowest BCUT2D eigenvalue weighted by Crippen LogP contribution is -2.18. The van der Waals surface area contributed by atoms with E-state index in [9.17, 15) is 14.9 Å². The van der Waals surface area contributed by atoms with Gasteiger partial charge in [0.15, 0.2) is 0 Å². The van der Waals surface area contributed by atoms with Crippen LogP contribution in [0.1, 0.15) is 36.1 Å². The first-order valence-electron chi connectivity index (χ1n) is 15.5. The smallest absolute Gasteiger partial charge is 0.339 e. The summed E-state index contributed by atoms with van der Waals surface area (Å²) in [6, 6.07) is 30.2. The first-order valence-corrected chi connectivity index (χ1v) is 15.5. The molecule has 9 nitrogen and oxygen atoms in total. The Morgan fingerprint density at radius 1 is 0.915 bits per heavy atom. The third-order valence-corrected chi connectivity index (χ3v) is 8.29. The molecule has 0 aliphatic heterocycles. The Morgan fingerprint density at radius 2 is 1.66 bits per heavy atom. The van der Waals surface area contributed by atoms with Gasteiger partial charge in [-0.15, -0.1) is 0 Å². The maximum Gasteiger partial charge on any atom is 0.339 e. The van der Waals surface area contributed by atoms with Crippen LogP contribution < -0.4 is 4.74 Å². The number of benzene rings is 5. The second-order valence-electron chi connectivity index (χ2n) is 11.5. The highest BCUT2D eigenvalue weighted by Gasteiger charge is 2.19. The minimum absolute atomic E-state index is 0.0171. The maximum absolute atomic E-state index is 13.2. The molecule has 0 bridgehead atoms. The molecule has 1 aromatic heterocycles. The van der Waals surface area contributed by atoms with Crippen LogP contribution in [0, 0.1) is 17.0 Å². The molecular weight excluding hydrogens is 594 g/mol. The Morgan fingerprint density at radius 3 is 2.40 bits per heavy atom. The summed E-state index contributed by atoms with van der Waals surface area (Å²) in [5.41, 5.74) is 5.46. The SMILES string of the molecule is CCn1c2ccc(/C(=N/OC(=O)Cc3cccc4ccccc34)c3ccc(OC(C)COC)cc3C)cc2c2cc([N+](=O)[O-])ccc21. The number of nitro groups is 1. The van der Waals surface area contributed by atoms with Crippen molar-refractivity contribution in [3.63, 3.8) is 0 Å². The summed E-state index contributed by atoms with van der Waals surface area (Å²) in [6.45, 7) is 7.05. The Kier molecular flexibility index (Phi) is 8.99. The molecule has 1 heterocycles. The van der Waals surface area contributed by atoms with E-state index in [0.29, 0.717) is 30.2 Å². The van der Waals surface area contributed by atoms with Crippen molar-refractivity contribution in [2.24, 2.45) is 5.16 Å². The number of nitrogens with zero attached hydrogens (tertiary/aromatic N) is 3. The number of aromatic nitrogens is 1. The zero-order chi connectivity index (χ0) is 33.1. The van der Waals surface area contributed by atoms with Gasteiger partial charge in [-0.3, -0.25) is 10.1 Å². The number of rotatable bonds is 11. The number of non-ortho nitro benzene ring substituents is 1. The zero-order valence-corrected chi connectivity index (χ0v) is 26.7. The lowest BCUT2D eigenvalue weighted by Gasteiger charge is -2.16. The molecule has 0 spiro atoms. The number of methoxy groups -OCH3 is 1. The lowest BCUT2D eigenvalue weighted by molar-refractivity contribution is -0.384. The second-order valence-corrected chi connectivity index (χ2v) is 11.5. The number of carbonyl (C=O) groups excluding carboxylic acids is 1. The number of ether oxygens (including phenoxy) is 2. The van der Waals surface area contributed by atoms with Crippen LogP contribution in [-0.2, 0) is 27.3 Å². The van der Waals surface area contributed by atoms with Crippen LogP contribution in [0.3, 0.4) is 0 Å². The van der Waals surface area contributed by atoms with Crippen molar-refractivity contribution in [1.82, 2.24) is 4.57 Å². The van der Waals surface area contributed by atoms with E-state index in [4.69, 9.17) is 14.3 Å². The van der Waals surface area contributed by atoms with Crippen molar-refractivity contribution >= 4 is 49.9 Å². The number of fused-ring (bicyclic) bond motifs is 4. The molecular formula is C38H35N3O6. The van der Waals surface area contributed by atoms with E-state index in [0.717, 1.165) is 49.3 Å². The van der Waals surface area contributed by atoms with Crippen LogP contribution in [-0.4, -0.2) is 41.0 Å². The molecule has 6 aromatic rings. The molecule has 0 saturated heterocycles. The summed E-state index contributed by atoms with van der Waals surface area (Å²) in [7, 11) is 1.63. The van der Waals surface area contributed by atoms with E-state index < -0.39 is 5.97 Å². The lowest BCUT2D eigenvalue weighted by atomic mass is 9.96. The highest BCUT2D eigenvalue weighted by molar-refractivity contribution is 6.17. The quantitative estimate of drug-likeness (QED) is 0.0620. The molecule has 0 saturated carbocycles. The molecule has 0 fully saturated rings. The van der Waals surface area contributed by atoms with Gasteiger partial charge < -0.3 is 18.9 Å². The van der Waals surface area contributed by atoms with Crippen molar-refractivity contribution in [2.45, 2.75) is 39.8 Å². The van der Waals surface area contributed by atoms with E-state index in [-0.39, 0.29) is 23.1 Å². The summed E-state index contributed by atoms with van der Waals surface area (Å²) in [5.74, 6) is 0.181. The maximum atomic E-state index is 13.2. The molecule has 0 N–H and O–H groups in total. The van der Waals surface area contributed by atoms with Crippen molar-refractivity contribution in [3.8, 4) is 5.75 Å². The van der Waals surface area contributed by atoms with Gasteiger partial charge in [0.1, 0.15) is 17.6 Å². The van der Waals surface area contributed by atoms with Crippen molar-refractivity contribution in [2.75, 3.05) is 13.7 Å². The molecule has 0 amide bonds. The van der Waals surface area contributed by atoms with Gasteiger partial charge in [-0.05, 0) is 79.1 Å². The van der Waals surface area contributed by atoms with Crippen molar-refractivity contribution < 1.29 is 24.0 Å². The minimum atomic E-state index is -0.496. The van der Waals surface area contributed by atoms with Gasteiger partial charge in [0.25, 0.3) is 5.69 Å². The van der Waals surface area contributed by atoms with E-state index in [1.54, 1.807) is 19.2 Å². The first kappa shape index (κ1) is 31.4. The normalized spacial score (nSPS) is 12.5. The van der Waals surface area contributed by atoms with Gasteiger partial charge in [0.2, 0.25) is 0 Å². The molecule has 1 atom stereocenters. The Hall–Kier alpha value is -5.54. The van der Waals surface area contributed by atoms with Gasteiger partial charge in [0, 0.05) is 58.7 Å². The molecule has 9 heteroatoms. The third-order valence-electron chi connectivity index (χ3n) is 8.29. The van der Waals surface area contributed by atoms with Gasteiger partial charge >= 0.3 is 5.97 Å². The number of hydrogen-bond donors (Lipinski definition) is 0. The van der Waals surface area contributed by atoms with E-state index in [2.05, 4.69) is 9.72 Å². The number of nitro benzene ring substituents is 1.